The first kappa shape index (κ1) is 20.3. The number of hydrogen-bond donors (Lipinski definition) is 0. The summed E-state index contributed by atoms with van der Waals surface area (Å²) in [5.41, 5.74) is 0.947. The third kappa shape index (κ3) is 4.97. The van der Waals surface area contributed by atoms with Crippen LogP contribution in [0.3, 0.4) is 0 Å². The van der Waals surface area contributed by atoms with E-state index in [9.17, 15) is 9.59 Å². The van der Waals surface area contributed by atoms with Crippen molar-refractivity contribution >= 4 is 11.8 Å². The van der Waals surface area contributed by atoms with E-state index in [0.29, 0.717) is 31.0 Å². The average molecular weight is 399 g/mol. The minimum atomic E-state index is 0.0820. The van der Waals surface area contributed by atoms with E-state index in [-0.39, 0.29) is 11.8 Å². The maximum Gasteiger partial charge on any atom is 0.227 e. The van der Waals surface area contributed by atoms with Crippen LogP contribution in [0.25, 0.3) is 0 Å². The molecule has 0 aromatic carbocycles. The highest BCUT2D eigenvalue weighted by molar-refractivity contribution is 5.81. The van der Waals surface area contributed by atoms with E-state index in [2.05, 4.69) is 14.8 Å². The lowest BCUT2D eigenvalue weighted by atomic mass is 9.92. The van der Waals surface area contributed by atoms with Gasteiger partial charge >= 0.3 is 0 Å². The number of nitrogens with zero attached hydrogens (tertiary/aromatic N) is 4. The molecule has 3 aliphatic rings. The number of pyridine rings is 1. The number of carbonyl (C=O) groups is 2. The molecule has 1 saturated carbocycles. The van der Waals surface area contributed by atoms with E-state index < -0.39 is 0 Å². The number of rotatable bonds is 6. The standard InChI is InChI=1S/C23H34N4O2/c1-2-25(17-20-7-3-4-12-24-20)23(29)19-6-5-13-27(16-19)21-10-14-26(15-11-21)22(28)18-8-9-18/h3-4,7,12,18-19,21H,2,5-6,8-11,13-17H2,1H3/t19-/m0/s1. The first-order chi connectivity index (χ1) is 14.2. The van der Waals surface area contributed by atoms with Crippen molar-refractivity contribution in [3.63, 3.8) is 0 Å². The summed E-state index contributed by atoms with van der Waals surface area (Å²) in [7, 11) is 0. The number of carbonyl (C=O) groups excluding carboxylic acids is 2. The van der Waals surface area contributed by atoms with Crippen molar-refractivity contribution in [1.29, 1.82) is 0 Å². The topological polar surface area (TPSA) is 56.8 Å². The molecule has 1 aliphatic carbocycles. The predicted octanol–water partition coefficient (Wildman–Crippen LogP) is 2.54. The lowest BCUT2D eigenvalue weighted by molar-refractivity contribution is -0.138. The van der Waals surface area contributed by atoms with Gasteiger partial charge in [-0.3, -0.25) is 19.5 Å². The minimum Gasteiger partial charge on any atom is -0.342 e. The summed E-state index contributed by atoms with van der Waals surface area (Å²) < 4.78 is 0. The van der Waals surface area contributed by atoms with Gasteiger partial charge in [0.15, 0.2) is 0 Å². The molecule has 4 rings (SSSR count). The number of amides is 2. The summed E-state index contributed by atoms with van der Waals surface area (Å²) in [6.45, 7) is 7.07. The Labute approximate surface area is 174 Å². The summed E-state index contributed by atoms with van der Waals surface area (Å²) in [5, 5.41) is 0. The van der Waals surface area contributed by atoms with Gasteiger partial charge in [-0.25, -0.2) is 0 Å². The van der Waals surface area contributed by atoms with E-state index >= 15 is 0 Å². The second-order valence-electron chi connectivity index (χ2n) is 8.84. The Hall–Kier alpha value is -1.95. The molecule has 1 aromatic heterocycles. The van der Waals surface area contributed by atoms with Gasteiger partial charge in [-0.05, 0) is 64.1 Å². The Balaban J connectivity index is 1.30. The van der Waals surface area contributed by atoms with E-state index in [0.717, 1.165) is 70.4 Å². The Kier molecular flexibility index (Phi) is 6.48. The van der Waals surface area contributed by atoms with Gasteiger partial charge in [0.1, 0.15) is 0 Å². The maximum absolute atomic E-state index is 13.2. The smallest absolute Gasteiger partial charge is 0.227 e. The fourth-order valence-electron chi connectivity index (χ4n) is 4.87. The van der Waals surface area contributed by atoms with E-state index in [1.54, 1.807) is 6.20 Å². The van der Waals surface area contributed by atoms with Crippen molar-refractivity contribution in [2.24, 2.45) is 11.8 Å². The van der Waals surface area contributed by atoms with Gasteiger partial charge in [-0.1, -0.05) is 6.07 Å². The molecule has 3 fully saturated rings. The van der Waals surface area contributed by atoms with Crippen LogP contribution < -0.4 is 0 Å². The number of piperidine rings is 2. The second kappa shape index (κ2) is 9.24. The molecular weight excluding hydrogens is 364 g/mol. The monoisotopic (exact) mass is 398 g/mol. The van der Waals surface area contributed by atoms with Crippen LogP contribution in [0.1, 0.15) is 51.1 Å². The molecule has 0 bridgehead atoms. The molecule has 29 heavy (non-hydrogen) atoms. The van der Waals surface area contributed by atoms with Crippen molar-refractivity contribution in [2.45, 2.75) is 58.0 Å². The minimum absolute atomic E-state index is 0.0820. The number of hydrogen-bond acceptors (Lipinski definition) is 4. The summed E-state index contributed by atoms with van der Waals surface area (Å²) in [4.78, 5) is 36.4. The van der Waals surface area contributed by atoms with E-state index in [4.69, 9.17) is 0 Å². The second-order valence-corrected chi connectivity index (χ2v) is 8.84. The van der Waals surface area contributed by atoms with Crippen molar-refractivity contribution < 1.29 is 9.59 Å². The molecule has 0 radical (unpaired) electrons. The van der Waals surface area contributed by atoms with Crippen LogP contribution in [-0.2, 0) is 16.1 Å². The largest absolute Gasteiger partial charge is 0.342 e. The predicted molar refractivity (Wildman–Crippen MR) is 112 cm³/mol. The zero-order valence-corrected chi connectivity index (χ0v) is 17.6. The van der Waals surface area contributed by atoms with E-state index in [1.165, 1.54) is 0 Å². The third-order valence-electron chi connectivity index (χ3n) is 6.79. The quantitative estimate of drug-likeness (QED) is 0.739. The first-order valence-corrected chi connectivity index (χ1v) is 11.4. The summed E-state index contributed by atoms with van der Waals surface area (Å²) in [5.74, 6) is 1.05. The van der Waals surface area contributed by atoms with Crippen molar-refractivity contribution in [1.82, 2.24) is 19.7 Å². The van der Waals surface area contributed by atoms with Crippen LogP contribution in [0.2, 0.25) is 0 Å². The van der Waals surface area contributed by atoms with Gasteiger partial charge in [0, 0.05) is 44.3 Å². The Bertz CT molecular complexity index is 698. The van der Waals surface area contributed by atoms with Gasteiger partial charge < -0.3 is 9.80 Å². The molecule has 0 unspecified atom stereocenters. The van der Waals surface area contributed by atoms with Crippen LogP contribution in [0.15, 0.2) is 24.4 Å². The molecule has 6 nitrogen and oxygen atoms in total. The van der Waals surface area contributed by atoms with Crippen LogP contribution in [0.4, 0.5) is 0 Å². The van der Waals surface area contributed by atoms with Crippen LogP contribution in [0.5, 0.6) is 0 Å². The van der Waals surface area contributed by atoms with Crippen LogP contribution in [0, 0.1) is 11.8 Å². The Morgan fingerprint density at radius 3 is 2.52 bits per heavy atom. The fourth-order valence-corrected chi connectivity index (χ4v) is 4.87. The van der Waals surface area contributed by atoms with Gasteiger partial charge in [0.2, 0.25) is 11.8 Å². The Morgan fingerprint density at radius 2 is 1.86 bits per heavy atom. The van der Waals surface area contributed by atoms with Crippen LogP contribution in [-0.4, -0.2) is 70.3 Å². The summed E-state index contributed by atoms with van der Waals surface area (Å²) in [6.07, 6.45) is 8.11. The highest BCUT2D eigenvalue weighted by atomic mass is 16.2. The average Bonchev–Trinajstić information content (AvgIpc) is 3.63. The SMILES string of the molecule is CCN(Cc1ccccn1)C(=O)[C@H]1CCCN(C2CCN(C(=O)C3CC3)CC2)C1. The van der Waals surface area contributed by atoms with Gasteiger partial charge in [0.25, 0.3) is 0 Å². The molecule has 1 aromatic rings. The maximum atomic E-state index is 13.2. The fraction of sp³-hybridized carbons (Fsp3) is 0.696. The lowest BCUT2D eigenvalue weighted by Gasteiger charge is -2.42. The molecule has 2 amide bonds. The highest BCUT2D eigenvalue weighted by Gasteiger charge is 2.37. The number of likely N-dealkylation sites (tertiary alicyclic amines) is 2. The molecule has 2 saturated heterocycles. The van der Waals surface area contributed by atoms with Gasteiger partial charge in [0.05, 0.1) is 18.2 Å². The number of aromatic nitrogens is 1. The lowest BCUT2D eigenvalue weighted by Crippen LogP contribution is -2.52. The zero-order valence-electron chi connectivity index (χ0n) is 17.6. The highest BCUT2D eigenvalue weighted by Crippen LogP contribution is 2.33. The Morgan fingerprint density at radius 1 is 1.07 bits per heavy atom. The molecule has 2 aliphatic heterocycles. The van der Waals surface area contributed by atoms with Crippen LogP contribution >= 0.6 is 0 Å². The molecule has 158 valence electrons. The molecule has 1 atom stereocenters. The molecule has 6 heteroatoms. The van der Waals surface area contributed by atoms with Crippen molar-refractivity contribution in [3.05, 3.63) is 30.1 Å². The third-order valence-corrected chi connectivity index (χ3v) is 6.79. The zero-order chi connectivity index (χ0) is 20.2. The van der Waals surface area contributed by atoms with Gasteiger partial charge in [-0.15, -0.1) is 0 Å². The normalized spacial score (nSPS) is 23.8. The first-order valence-electron chi connectivity index (χ1n) is 11.4. The van der Waals surface area contributed by atoms with Gasteiger partial charge in [-0.2, -0.15) is 0 Å². The molecule has 0 spiro atoms. The molecule has 0 N–H and O–H groups in total. The molecule has 3 heterocycles. The summed E-state index contributed by atoms with van der Waals surface area (Å²) >= 11 is 0. The van der Waals surface area contributed by atoms with E-state index in [1.807, 2.05) is 30.0 Å². The van der Waals surface area contributed by atoms with Crippen molar-refractivity contribution in [2.75, 3.05) is 32.7 Å². The summed E-state index contributed by atoms with van der Waals surface area (Å²) in [6, 6.07) is 6.38. The molecular formula is C23H34N4O2. The van der Waals surface area contributed by atoms with Crippen molar-refractivity contribution in [3.8, 4) is 0 Å².